The molecule has 0 spiro atoms. The van der Waals surface area contributed by atoms with Crippen LogP contribution in [0.2, 0.25) is 0 Å². The summed E-state index contributed by atoms with van der Waals surface area (Å²) in [5.41, 5.74) is 1.04. The molecule has 16 heavy (non-hydrogen) atoms. The third-order valence-electron chi connectivity index (χ3n) is 2.03. The number of amides is 1. The van der Waals surface area contributed by atoms with Crippen LogP contribution in [0.5, 0.6) is 5.75 Å². The minimum absolute atomic E-state index is 0.00551. The standard InChI is InChI=1S/C11H14BrNO3/c1-6(14)5-8-9(12)3-4-10(16)11(8)13-7(2)15/h3-4,6,14,16H,5H2,1-2H3,(H,13,15). The molecule has 1 aromatic rings. The van der Waals surface area contributed by atoms with Gasteiger partial charge in [0.15, 0.2) is 0 Å². The lowest BCUT2D eigenvalue weighted by molar-refractivity contribution is -0.114. The number of anilines is 1. The number of aliphatic hydroxyl groups excluding tert-OH is 1. The maximum atomic E-state index is 11.0. The fraction of sp³-hybridized carbons (Fsp3) is 0.364. The Morgan fingerprint density at radius 1 is 1.56 bits per heavy atom. The lowest BCUT2D eigenvalue weighted by Crippen LogP contribution is -2.12. The van der Waals surface area contributed by atoms with E-state index in [0.29, 0.717) is 17.7 Å². The second-order valence-corrected chi connectivity index (χ2v) is 4.51. The summed E-state index contributed by atoms with van der Waals surface area (Å²) in [4.78, 5) is 11.0. The Bertz CT molecular complexity index is 404. The van der Waals surface area contributed by atoms with Crippen molar-refractivity contribution in [3.05, 3.63) is 22.2 Å². The highest BCUT2D eigenvalue weighted by molar-refractivity contribution is 9.10. The molecule has 0 radical (unpaired) electrons. The average Bonchev–Trinajstić information content (AvgIpc) is 2.16. The van der Waals surface area contributed by atoms with Gasteiger partial charge >= 0.3 is 0 Å². The van der Waals surface area contributed by atoms with E-state index in [1.807, 2.05) is 0 Å². The second-order valence-electron chi connectivity index (χ2n) is 3.65. The van der Waals surface area contributed by atoms with Crippen molar-refractivity contribution < 1.29 is 15.0 Å². The molecule has 1 unspecified atom stereocenters. The smallest absolute Gasteiger partial charge is 0.221 e. The van der Waals surface area contributed by atoms with Crippen molar-refractivity contribution >= 4 is 27.5 Å². The van der Waals surface area contributed by atoms with Crippen molar-refractivity contribution in [2.24, 2.45) is 0 Å². The zero-order valence-electron chi connectivity index (χ0n) is 9.12. The zero-order chi connectivity index (χ0) is 12.3. The number of carbonyl (C=O) groups excluding carboxylic acids is 1. The quantitative estimate of drug-likeness (QED) is 0.745. The number of benzene rings is 1. The summed E-state index contributed by atoms with van der Waals surface area (Å²) in [7, 11) is 0. The van der Waals surface area contributed by atoms with Gasteiger partial charge in [0.2, 0.25) is 5.91 Å². The number of hydrogen-bond donors (Lipinski definition) is 3. The molecule has 0 aromatic heterocycles. The molecule has 0 heterocycles. The number of aromatic hydroxyl groups is 1. The van der Waals surface area contributed by atoms with Gasteiger partial charge < -0.3 is 15.5 Å². The first-order valence-electron chi connectivity index (χ1n) is 4.87. The first-order valence-corrected chi connectivity index (χ1v) is 5.67. The highest BCUT2D eigenvalue weighted by Gasteiger charge is 2.14. The second kappa shape index (κ2) is 5.32. The molecular weight excluding hydrogens is 274 g/mol. The largest absolute Gasteiger partial charge is 0.506 e. The summed E-state index contributed by atoms with van der Waals surface area (Å²) >= 11 is 3.33. The van der Waals surface area contributed by atoms with Gasteiger partial charge in [-0.25, -0.2) is 0 Å². The van der Waals surface area contributed by atoms with Gasteiger partial charge in [0.1, 0.15) is 5.75 Å². The fourth-order valence-electron chi connectivity index (χ4n) is 1.42. The van der Waals surface area contributed by atoms with E-state index in [0.717, 1.165) is 4.47 Å². The Hall–Kier alpha value is -1.07. The normalized spacial score (nSPS) is 12.2. The van der Waals surface area contributed by atoms with Crippen LogP contribution in [0, 0.1) is 0 Å². The summed E-state index contributed by atoms with van der Waals surface area (Å²) in [6, 6.07) is 3.17. The molecule has 88 valence electrons. The number of aliphatic hydroxyl groups is 1. The fourth-order valence-corrected chi connectivity index (χ4v) is 1.91. The van der Waals surface area contributed by atoms with Crippen LogP contribution < -0.4 is 5.32 Å². The maximum absolute atomic E-state index is 11.0. The van der Waals surface area contributed by atoms with Gasteiger partial charge in [0, 0.05) is 17.8 Å². The van der Waals surface area contributed by atoms with Crippen molar-refractivity contribution in [2.45, 2.75) is 26.4 Å². The molecule has 0 aliphatic rings. The van der Waals surface area contributed by atoms with Crippen LogP contribution in [0.15, 0.2) is 16.6 Å². The molecule has 4 nitrogen and oxygen atoms in total. The van der Waals surface area contributed by atoms with Gasteiger partial charge in [-0.05, 0) is 24.6 Å². The topological polar surface area (TPSA) is 69.6 Å². The van der Waals surface area contributed by atoms with E-state index in [1.54, 1.807) is 13.0 Å². The minimum Gasteiger partial charge on any atom is -0.506 e. The number of nitrogens with one attached hydrogen (secondary N) is 1. The number of phenols is 1. The van der Waals surface area contributed by atoms with Gasteiger partial charge in [0.25, 0.3) is 0 Å². The van der Waals surface area contributed by atoms with Crippen LogP contribution in [0.4, 0.5) is 5.69 Å². The first kappa shape index (κ1) is 13.0. The van der Waals surface area contributed by atoms with Crippen molar-refractivity contribution in [3.63, 3.8) is 0 Å². The summed E-state index contributed by atoms with van der Waals surface area (Å²) in [6.45, 7) is 3.01. The Kier molecular flexibility index (Phi) is 4.32. The van der Waals surface area contributed by atoms with E-state index in [-0.39, 0.29) is 11.7 Å². The molecule has 1 aromatic carbocycles. The highest BCUT2D eigenvalue weighted by Crippen LogP contribution is 2.34. The van der Waals surface area contributed by atoms with Gasteiger partial charge in [-0.3, -0.25) is 4.79 Å². The molecule has 0 aliphatic carbocycles. The van der Waals surface area contributed by atoms with E-state index in [4.69, 9.17) is 0 Å². The molecule has 5 heteroatoms. The van der Waals surface area contributed by atoms with Crippen molar-refractivity contribution in [3.8, 4) is 5.75 Å². The minimum atomic E-state index is -0.550. The number of carbonyl (C=O) groups is 1. The summed E-state index contributed by atoms with van der Waals surface area (Å²) < 4.78 is 0.745. The summed E-state index contributed by atoms with van der Waals surface area (Å²) in [5, 5.41) is 21.6. The summed E-state index contributed by atoms with van der Waals surface area (Å²) in [6.07, 6.45) is -0.199. The Labute approximate surface area is 102 Å². The number of halogens is 1. The molecule has 0 saturated heterocycles. The SMILES string of the molecule is CC(=O)Nc1c(O)ccc(Br)c1CC(C)O. The molecule has 3 N–H and O–H groups in total. The van der Waals surface area contributed by atoms with Crippen molar-refractivity contribution in [2.75, 3.05) is 5.32 Å². The Balaban J connectivity index is 3.19. The first-order chi connectivity index (χ1) is 7.41. The van der Waals surface area contributed by atoms with E-state index in [9.17, 15) is 15.0 Å². The Morgan fingerprint density at radius 3 is 2.69 bits per heavy atom. The highest BCUT2D eigenvalue weighted by atomic mass is 79.9. The van der Waals surface area contributed by atoms with E-state index < -0.39 is 6.10 Å². The molecular formula is C11H14BrNO3. The lowest BCUT2D eigenvalue weighted by atomic mass is 10.1. The molecule has 0 bridgehead atoms. The van der Waals surface area contributed by atoms with Crippen LogP contribution in [-0.2, 0) is 11.2 Å². The monoisotopic (exact) mass is 287 g/mol. The number of phenolic OH excluding ortho intramolecular Hbond substituents is 1. The predicted molar refractivity (Wildman–Crippen MR) is 65.5 cm³/mol. The van der Waals surface area contributed by atoms with Crippen molar-refractivity contribution in [1.82, 2.24) is 0 Å². The molecule has 1 amide bonds. The van der Waals surface area contributed by atoms with Crippen molar-refractivity contribution in [1.29, 1.82) is 0 Å². The van der Waals surface area contributed by atoms with Gasteiger partial charge in [-0.15, -0.1) is 0 Å². The molecule has 0 fully saturated rings. The number of hydrogen-bond acceptors (Lipinski definition) is 3. The third-order valence-corrected chi connectivity index (χ3v) is 2.78. The third kappa shape index (κ3) is 3.21. The van der Waals surface area contributed by atoms with Crippen LogP contribution in [-0.4, -0.2) is 22.2 Å². The van der Waals surface area contributed by atoms with E-state index in [1.165, 1.54) is 13.0 Å². The van der Waals surface area contributed by atoms with E-state index in [2.05, 4.69) is 21.2 Å². The molecule has 1 atom stereocenters. The molecule has 0 aliphatic heterocycles. The molecule has 0 saturated carbocycles. The van der Waals surface area contributed by atoms with E-state index >= 15 is 0 Å². The zero-order valence-corrected chi connectivity index (χ0v) is 10.7. The van der Waals surface area contributed by atoms with Gasteiger partial charge in [-0.1, -0.05) is 15.9 Å². The maximum Gasteiger partial charge on any atom is 0.221 e. The van der Waals surface area contributed by atoms with Crippen LogP contribution in [0.3, 0.4) is 0 Å². The van der Waals surface area contributed by atoms with Crippen LogP contribution in [0.25, 0.3) is 0 Å². The van der Waals surface area contributed by atoms with Gasteiger partial charge in [-0.2, -0.15) is 0 Å². The van der Waals surface area contributed by atoms with Crippen LogP contribution >= 0.6 is 15.9 Å². The average molecular weight is 288 g/mol. The summed E-state index contributed by atoms with van der Waals surface area (Å²) in [5.74, 6) is -0.269. The lowest BCUT2D eigenvalue weighted by Gasteiger charge is -2.14. The number of rotatable bonds is 3. The molecule has 1 rings (SSSR count). The predicted octanol–water partition coefficient (Wildman–Crippen LogP) is 2.04. The van der Waals surface area contributed by atoms with Gasteiger partial charge in [0.05, 0.1) is 11.8 Å². The Morgan fingerprint density at radius 2 is 2.19 bits per heavy atom. The van der Waals surface area contributed by atoms with Crippen LogP contribution in [0.1, 0.15) is 19.4 Å².